The van der Waals surface area contributed by atoms with Gasteiger partial charge in [-0.3, -0.25) is 4.68 Å². The maximum atomic E-state index is 13.3. The summed E-state index contributed by atoms with van der Waals surface area (Å²) in [5.41, 5.74) is 2.82. The zero-order chi connectivity index (χ0) is 14.7. The van der Waals surface area contributed by atoms with Gasteiger partial charge in [-0.1, -0.05) is 13.0 Å². The van der Waals surface area contributed by atoms with Crippen LogP contribution in [-0.2, 0) is 19.9 Å². The van der Waals surface area contributed by atoms with Gasteiger partial charge >= 0.3 is 0 Å². The lowest BCUT2D eigenvalue weighted by molar-refractivity contribution is 0.499. The molecule has 1 heterocycles. The fourth-order valence-electron chi connectivity index (χ4n) is 2.26. The number of hydrogen-bond donors (Lipinski definition) is 1. The SMILES string of the molecule is CCc1cc(CC(NC)c2ccc(F)c(F)c2)n(C)n1. The third-order valence-electron chi connectivity index (χ3n) is 3.50. The molecule has 1 N–H and O–H groups in total. The van der Waals surface area contributed by atoms with Gasteiger partial charge in [0.25, 0.3) is 0 Å². The Hall–Kier alpha value is -1.75. The summed E-state index contributed by atoms with van der Waals surface area (Å²) < 4.78 is 28.2. The second-order valence-corrected chi connectivity index (χ2v) is 4.82. The van der Waals surface area contributed by atoms with Crippen LogP contribution < -0.4 is 5.32 Å². The van der Waals surface area contributed by atoms with E-state index in [0.29, 0.717) is 6.42 Å². The van der Waals surface area contributed by atoms with Crippen LogP contribution in [0.5, 0.6) is 0 Å². The van der Waals surface area contributed by atoms with Gasteiger partial charge in [-0.2, -0.15) is 5.10 Å². The molecular weight excluding hydrogens is 260 g/mol. The van der Waals surface area contributed by atoms with E-state index in [9.17, 15) is 8.78 Å². The average Bonchev–Trinajstić information content (AvgIpc) is 2.80. The monoisotopic (exact) mass is 279 g/mol. The van der Waals surface area contributed by atoms with Crippen molar-refractivity contribution < 1.29 is 8.78 Å². The van der Waals surface area contributed by atoms with Gasteiger partial charge in [0, 0.05) is 25.2 Å². The Morgan fingerprint density at radius 3 is 2.55 bits per heavy atom. The molecule has 108 valence electrons. The van der Waals surface area contributed by atoms with E-state index in [4.69, 9.17) is 0 Å². The normalized spacial score (nSPS) is 12.7. The molecule has 1 atom stereocenters. The molecule has 0 fully saturated rings. The highest BCUT2D eigenvalue weighted by atomic mass is 19.2. The summed E-state index contributed by atoms with van der Waals surface area (Å²) >= 11 is 0. The zero-order valence-corrected chi connectivity index (χ0v) is 12.0. The van der Waals surface area contributed by atoms with Crippen LogP contribution in [0, 0.1) is 11.6 Å². The van der Waals surface area contributed by atoms with Gasteiger partial charge in [0.15, 0.2) is 11.6 Å². The van der Waals surface area contributed by atoms with Crippen LogP contribution in [0.15, 0.2) is 24.3 Å². The first-order valence-corrected chi connectivity index (χ1v) is 6.69. The number of rotatable bonds is 5. The maximum Gasteiger partial charge on any atom is 0.159 e. The lowest BCUT2D eigenvalue weighted by Gasteiger charge is -2.17. The predicted molar refractivity (Wildman–Crippen MR) is 74.4 cm³/mol. The van der Waals surface area contributed by atoms with Gasteiger partial charge in [0.05, 0.1) is 5.69 Å². The van der Waals surface area contributed by atoms with Crippen LogP contribution in [0.4, 0.5) is 8.78 Å². The fraction of sp³-hybridized carbons (Fsp3) is 0.400. The number of nitrogens with zero attached hydrogens (tertiary/aromatic N) is 2. The minimum absolute atomic E-state index is 0.0785. The Kier molecular flexibility index (Phi) is 4.49. The van der Waals surface area contributed by atoms with Gasteiger partial charge in [0.2, 0.25) is 0 Å². The lowest BCUT2D eigenvalue weighted by atomic mass is 10.0. The average molecular weight is 279 g/mol. The van der Waals surface area contributed by atoms with E-state index in [1.807, 2.05) is 24.8 Å². The number of nitrogens with one attached hydrogen (secondary N) is 1. The Morgan fingerprint density at radius 1 is 1.25 bits per heavy atom. The molecule has 0 amide bonds. The summed E-state index contributed by atoms with van der Waals surface area (Å²) in [5.74, 6) is -1.64. The number of benzene rings is 1. The summed E-state index contributed by atoms with van der Waals surface area (Å²) in [4.78, 5) is 0. The van der Waals surface area contributed by atoms with E-state index in [2.05, 4.69) is 17.3 Å². The third-order valence-corrected chi connectivity index (χ3v) is 3.50. The molecule has 2 aromatic rings. The Labute approximate surface area is 117 Å². The molecule has 20 heavy (non-hydrogen) atoms. The number of aromatic nitrogens is 2. The second kappa shape index (κ2) is 6.13. The van der Waals surface area contributed by atoms with Crippen LogP contribution in [0.2, 0.25) is 0 Å². The van der Waals surface area contributed by atoms with E-state index in [1.54, 1.807) is 6.07 Å². The fourth-order valence-corrected chi connectivity index (χ4v) is 2.26. The number of aryl methyl sites for hydroxylation is 2. The Morgan fingerprint density at radius 2 is 2.00 bits per heavy atom. The molecule has 1 aromatic carbocycles. The quantitative estimate of drug-likeness (QED) is 0.912. The number of likely N-dealkylation sites (N-methyl/N-ethyl adjacent to an activating group) is 1. The molecule has 5 heteroatoms. The van der Waals surface area contributed by atoms with Crippen molar-refractivity contribution in [2.24, 2.45) is 7.05 Å². The molecule has 2 rings (SSSR count). The van der Waals surface area contributed by atoms with Crippen molar-refractivity contribution >= 4 is 0 Å². The zero-order valence-electron chi connectivity index (χ0n) is 12.0. The van der Waals surface area contributed by atoms with E-state index in [1.165, 1.54) is 6.07 Å². The summed E-state index contributed by atoms with van der Waals surface area (Å²) in [6.07, 6.45) is 1.55. The van der Waals surface area contributed by atoms with Crippen molar-refractivity contribution in [1.29, 1.82) is 0 Å². The predicted octanol–water partition coefficient (Wildman–Crippen LogP) is 2.76. The summed E-state index contributed by atoms with van der Waals surface area (Å²) in [7, 11) is 3.70. The molecule has 0 saturated heterocycles. The summed E-state index contributed by atoms with van der Waals surface area (Å²) in [6, 6.07) is 5.98. The first-order chi connectivity index (χ1) is 9.55. The van der Waals surface area contributed by atoms with Crippen molar-refractivity contribution in [2.75, 3.05) is 7.05 Å². The molecule has 0 aliphatic carbocycles. The molecule has 1 unspecified atom stereocenters. The smallest absolute Gasteiger partial charge is 0.159 e. The van der Waals surface area contributed by atoms with Gasteiger partial charge in [-0.25, -0.2) is 8.78 Å². The van der Waals surface area contributed by atoms with Crippen molar-refractivity contribution in [3.8, 4) is 0 Å². The standard InChI is InChI=1S/C15H19F2N3/c1-4-11-8-12(20(3)19-11)9-15(18-2)10-5-6-13(16)14(17)7-10/h5-8,15,18H,4,9H2,1-3H3. The molecule has 3 nitrogen and oxygen atoms in total. The minimum atomic E-state index is -0.822. The van der Waals surface area contributed by atoms with Crippen LogP contribution in [0.1, 0.15) is 29.9 Å². The summed E-state index contributed by atoms with van der Waals surface area (Å²) in [6.45, 7) is 2.05. The van der Waals surface area contributed by atoms with Crippen LogP contribution >= 0.6 is 0 Å². The van der Waals surface area contributed by atoms with Crippen molar-refractivity contribution in [1.82, 2.24) is 15.1 Å². The number of hydrogen-bond acceptors (Lipinski definition) is 2. The molecule has 1 aromatic heterocycles. The van der Waals surface area contributed by atoms with E-state index in [-0.39, 0.29) is 6.04 Å². The molecular formula is C15H19F2N3. The van der Waals surface area contributed by atoms with E-state index in [0.717, 1.165) is 29.4 Å². The van der Waals surface area contributed by atoms with Crippen LogP contribution in [-0.4, -0.2) is 16.8 Å². The van der Waals surface area contributed by atoms with Gasteiger partial charge in [0.1, 0.15) is 0 Å². The van der Waals surface area contributed by atoms with E-state index >= 15 is 0 Å². The molecule has 0 saturated carbocycles. The molecule has 0 aliphatic rings. The van der Waals surface area contributed by atoms with Crippen molar-refractivity contribution in [3.63, 3.8) is 0 Å². The first kappa shape index (κ1) is 14.7. The second-order valence-electron chi connectivity index (χ2n) is 4.82. The molecule has 0 aliphatic heterocycles. The third kappa shape index (κ3) is 3.04. The maximum absolute atomic E-state index is 13.3. The van der Waals surface area contributed by atoms with E-state index < -0.39 is 11.6 Å². The highest BCUT2D eigenvalue weighted by Crippen LogP contribution is 2.20. The Balaban J connectivity index is 2.23. The van der Waals surface area contributed by atoms with Gasteiger partial charge in [-0.05, 0) is 37.2 Å². The minimum Gasteiger partial charge on any atom is -0.313 e. The number of halogens is 2. The summed E-state index contributed by atoms with van der Waals surface area (Å²) in [5, 5.41) is 7.53. The van der Waals surface area contributed by atoms with Crippen molar-refractivity contribution in [2.45, 2.75) is 25.8 Å². The van der Waals surface area contributed by atoms with Crippen LogP contribution in [0.25, 0.3) is 0 Å². The van der Waals surface area contributed by atoms with Gasteiger partial charge in [-0.15, -0.1) is 0 Å². The largest absolute Gasteiger partial charge is 0.313 e. The lowest BCUT2D eigenvalue weighted by Crippen LogP contribution is -2.20. The molecule has 0 spiro atoms. The highest BCUT2D eigenvalue weighted by Gasteiger charge is 2.15. The Bertz CT molecular complexity index is 593. The highest BCUT2D eigenvalue weighted by molar-refractivity contribution is 5.23. The van der Waals surface area contributed by atoms with Gasteiger partial charge < -0.3 is 5.32 Å². The van der Waals surface area contributed by atoms with Crippen LogP contribution in [0.3, 0.4) is 0 Å². The topological polar surface area (TPSA) is 29.9 Å². The molecule has 0 radical (unpaired) electrons. The molecule has 0 bridgehead atoms. The van der Waals surface area contributed by atoms with Crippen molar-refractivity contribution in [3.05, 3.63) is 52.9 Å². The first-order valence-electron chi connectivity index (χ1n) is 6.69.